The zero-order valence-electron chi connectivity index (χ0n) is 12.2. The number of hydrogen-bond donors (Lipinski definition) is 2. The maximum absolute atomic E-state index is 12.0. The molecule has 0 saturated carbocycles. The summed E-state index contributed by atoms with van der Waals surface area (Å²) >= 11 is 0. The SMILES string of the molecule is C=CCNc1ccc(C(=O)NCCN2CCOCC2)cn1. The second-order valence-corrected chi connectivity index (χ2v) is 4.81. The van der Waals surface area contributed by atoms with Crippen molar-refractivity contribution in [1.29, 1.82) is 0 Å². The number of amides is 1. The van der Waals surface area contributed by atoms with Crippen molar-refractivity contribution in [3.05, 3.63) is 36.5 Å². The molecule has 0 aromatic carbocycles. The first kappa shape index (κ1) is 15.5. The van der Waals surface area contributed by atoms with Crippen LogP contribution in [0, 0.1) is 0 Å². The molecule has 2 heterocycles. The molecule has 0 radical (unpaired) electrons. The third-order valence-corrected chi connectivity index (χ3v) is 3.27. The molecule has 6 nitrogen and oxygen atoms in total. The first-order valence-corrected chi connectivity index (χ1v) is 7.18. The highest BCUT2D eigenvalue weighted by Crippen LogP contribution is 2.04. The van der Waals surface area contributed by atoms with Crippen LogP contribution in [0.3, 0.4) is 0 Å². The van der Waals surface area contributed by atoms with Crippen molar-refractivity contribution in [2.24, 2.45) is 0 Å². The van der Waals surface area contributed by atoms with E-state index in [1.165, 1.54) is 0 Å². The van der Waals surface area contributed by atoms with Crippen LogP contribution in [0.4, 0.5) is 5.82 Å². The van der Waals surface area contributed by atoms with Crippen LogP contribution in [0.15, 0.2) is 31.0 Å². The van der Waals surface area contributed by atoms with Gasteiger partial charge in [-0.15, -0.1) is 6.58 Å². The van der Waals surface area contributed by atoms with Crippen LogP contribution in [-0.4, -0.2) is 61.7 Å². The number of carbonyl (C=O) groups is 1. The molecule has 1 aliphatic heterocycles. The van der Waals surface area contributed by atoms with Gasteiger partial charge in [-0.05, 0) is 12.1 Å². The third kappa shape index (κ3) is 5.17. The lowest BCUT2D eigenvalue weighted by molar-refractivity contribution is 0.0383. The van der Waals surface area contributed by atoms with E-state index in [-0.39, 0.29) is 5.91 Å². The Hall–Kier alpha value is -1.92. The van der Waals surface area contributed by atoms with Gasteiger partial charge in [-0.2, -0.15) is 0 Å². The van der Waals surface area contributed by atoms with Crippen molar-refractivity contribution in [3.63, 3.8) is 0 Å². The molecule has 1 fully saturated rings. The van der Waals surface area contributed by atoms with E-state index in [1.54, 1.807) is 24.4 Å². The number of anilines is 1. The van der Waals surface area contributed by atoms with Gasteiger partial charge in [0.2, 0.25) is 0 Å². The fourth-order valence-corrected chi connectivity index (χ4v) is 2.06. The average Bonchev–Trinajstić information content (AvgIpc) is 2.54. The average molecular weight is 290 g/mol. The lowest BCUT2D eigenvalue weighted by Crippen LogP contribution is -2.41. The van der Waals surface area contributed by atoms with Crippen molar-refractivity contribution < 1.29 is 9.53 Å². The van der Waals surface area contributed by atoms with Crippen molar-refractivity contribution in [2.45, 2.75) is 0 Å². The number of pyridine rings is 1. The van der Waals surface area contributed by atoms with Gasteiger partial charge in [0.25, 0.3) is 5.91 Å². The van der Waals surface area contributed by atoms with Gasteiger partial charge in [-0.25, -0.2) is 4.98 Å². The first-order valence-electron chi connectivity index (χ1n) is 7.18. The van der Waals surface area contributed by atoms with Gasteiger partial charge in [-0.3, -0.25) is 9.69 Å². The van der Waals surface area contributed by atoms with E-state index in [2.05, 4.69) is 27.1 Å². The number of carbonyl (C=O) groups excluding carboxylic acids is 1. The normalized spacial score (nSPS) is 15.4. The molecule has 0 bridgehead atoms. The minimum atomic E-state index is -0.0916. The summed E-state index contributed by atoms with van der Waals surface area (Å²) < 4.78 is 5.29. The van der Waals surface area contributed by atoms with Crippen molar-refractivity contribution in [3.8, 4) is 0 Å². The zero-order chi connectivity index (χ0) is 14.9. The first-order chi connectivity index (χ1) is 10.3. The topological polar surface area (TPSA) is 66.5 Å². The van der Waals surface area contributed by atoms with Gasteiger partial charge in [0.05, 0.1) is 18.8 Å². The van der Waals surface area contributed by atoms with E-state index in [0.717, 1.165) is 38.7 Å². The maximum atomic E-state index is 12.0. The van der Waals surface area contributed by atoms with Crippen LogP contribution in [0.5, 0.6) is 0 Å². The largest absolute Gasteiger partial charge is 0.379 e. The van der Waals surface area contributed by atoms with E-state index in [0.29, 0.717) is 18.7 Å². The molecule has 6 heteroatoms. The summed E-state index contributed by atoms with van der Waals surface area (Å²) in [4.78, 5) is 18.5. The van der Waals surface area contributed by atoms with Gasteiger partial charge in [0, 0.05) is 38.9 Å². The predicted molar refractivity (Wildman–Crippen MR) is 82.5 cm³/mol. The van der Waals surface area contributed by atoms with Gasteiger partial charge in [0.15, 0.2) is 0 Å². The molecule has 1 aliphatic rings. The van der Waals surface area contributed by atoms with Crippen LogP contribution in [0.2, 0.25) is 0 Å². The Labute approximate surface area is 125 Å². The lowest BCUT2D eigenvalue weighted by atomic mass is 10.2. The van der Waals surface area contributed by atoms with Crippen LogP contribution in [0.1, 0.15) is 10.4 Å². The fourth-order valence-electron chi connectivity index (χ4n) is 2.06. The minimum absolute atomic E-state index is 0.0916. The van der Waals surface area contributed by atoms with Crippen molar-refractivity contribution in [2.75, 3.05) is 51.3 Å². The molecular formula is C15H22N4O2. The van der Waals surface area contributed by atoms with E-state index >= 15 is 0 Å². The Morgan fingerprint density at radius 1 is 1.43 bits per heavy atom. The van der Waals surface area contributed by atoms with Gasteiger partial charge >= 0.3 is 0 Å². The van der Waals surface area contributed by atoms with E-state index in [1.807, 2.05) is 0 Å². The molecule has 2 rings (SSSR count). The third-order valence-electron chi connectivity index (χ3n) is 3.27. The molecule has 0 unspecified atom stereocenters. The summed E-state index contributed by atoms with van der Waals surface area (Å²) in [5.74, 6) is 0.644. The smallest absolute Gasteiger partial charge is 0.252 e. The summed E-state index contributed by atoms with van der Waals surface area (Å²) in [6.45, 7) is 9.17. The number of nitrogens with one attached hydrogen (secondary N) is 2. The lowest BCUT2D eigenvalue weighted by Gasteiger charge is -2.26. The molecule has 114 valence electrons. The number of ether oxygens (including phenoxy) is 1. The predicted octanol–water partition coefficient (Wildman–Crippen LogP) is 0.741. The number of rotatable bonds is 7. The highest BCUT2D eigenvalue weighted by molar-refractivity contribution is 5.94. The molecular weight excluding hydrogens is 268 g/mol. The standard InChI is InChI=1S/C15H22N4O2/c1-2-5-16-14-4-3-13(12-18-14)15(20)17-6-7-19-8-10-21-11-9-19/h2-4,12H,1,5-11H2,(H,16,18)(H,17,20). The molecule has 1 saturated heterocycles. The van der Waals surface area contributed by atoms with Crippen LogP contribution in [0.25, 0.3) is 0 Å². The molecule has 2 N–H and O–H groups in total. The Kier molecular flexibility index (Phi) is 6.18. The maximum Gasteiger partial charge on any atom is 0.252 e. The number of hydrogen-bond acceptors (Lipinski definition) is 5. The molecule has 1 aromatic rings. The summed E-state index contributed by atoms with van der Waals surface area (Å²) in [6, 6.07) is 3.56. The Balaban J connectivity index is 1.73. The summed E-state index contributed by atoms with van der Waals surface area (Å²) in [7, 11) is 0. The zero-order valence-corrected chi connectivity index (χ0v) is 12.2. The Bertz CT molecular complexity index is 455. The number of aromatic nitrogens is 1. The summed E-state index contributed by atoms with van der Waals surface area (Å²) in [5, 5.41) is 5.98. The second kappa shape index (κ2) is 8.39. The van der Waals surface area contributed by atoms with Crippen molar-refractivity contribution >= 4 is 11.7 Å². The van der Waals surface area contributed by atoms with E-state index in [4.69, 9.17) is 4.74 Å². The molecule has 1 aromatic heterocycles. The van der Waals surface area contributed by atoms with E-state index < -0.39 is 0 Å². The summed E-state index contributed by atoms with van der Waals surface area (Å²) in [5.41, 5.74) is 0.570. The fraction of sp³-hybridized carbons (Fsp3) is 0.467. The number of morpholine rings is 1. The molecule has 1 amide bonds. The Morgan fingerprint density at radius 3 is 2.90 bits per heavy atom. The summed E-state index contributed by atoms with van der Waals surface area (Å²) in [6.07, 6.45) is 3.34. The van der Waals surface area contributed by atoms with Gasteiger partial charge in [-0.1, -0.05) is 6.08 Å². The van der Waals surface area contributed by atoms with Crippen LogP contribution < -0.4 is 10.6 Å². The van der Waals surface area contributed by atoms with Crippen LogP contribution >= 0.6 is 0 Å². The molecule has 0 aliphatic carbocycles. The van der Waals surface area contributed by atoms with E-state index in [9.17, 15) is 4.79 Å². The second-order valence-electron chi connectivity index (χ2n) is 4.81. The minimum Gasteiger partial charge on any atom is -0.379 e. The molecule has 21 heavy (non-hydrogen) atoms. The quantitative estimate of drug-likeness (QED) is 0.725. The monoisotopic (exact) mass is 290 g/mol. The van der Waals surface area contributed by atoms with Gasteiger partial charge in [0.1, 0.15) is 5.82 Å². The van der Waals surface area contributed by atoms with Crippen LogP contribution in [-0.2, 0) is 4.74 Å². The number of nitrogens with zero attached hydrogens (tertiary/aromatic N) is 2. The highest BCUT2D eigenvalue weighted by atomic mass is 16.5. The molecule has 0 atom stereocenters. The van der Waals surface area contributed by atoms with Crippen molar-refractivity contribution in [1.82, 2.24) is 15.2 Å². The highest BCUT2D eigenvalue weighted by Gasteiger charge is 2.11. The Morgan fingerprint density at radius 2 is 2.24 bits per heavy atom. The molecule has 0 spiro atoms. The van der Waals surface area contributed by atoms with Gasteiger partial charge < -0.3 is 15.4 Å².